The Bertz CT molecular complexity index is 753. The molecule has 1 aromatic heterocycles. The molecule has 0 aliphatic heterocycles. The Labute approximate surface area is 153 Å². The number of aliphatic imine (C=N–C) groups is 1. The van der Waals surface area contributed by atoms with Crippen LogP contribution in [0.3, 0.4) is 0 Å². The van der Waals surface area contributed by atoms with Crippen LogP contribution >= 0.6 is 0 Å². The Kier molecular flexibility index (Phi) is 6.29. The number of hydrogen-bond acceptors (Lipinski definition) is 5. The molecule has 26 heavy (non-hydrogen) atoms. The molecule has 0 bridgehead atoms. The van der Waals surface area contributed by atoms with Crippen LogP contribution in [-0.2, 0) is 0 Å². The van der Waals surface area contributed by atoms with E-state index in [-0.39, 0.29) is 42.4 Å². The first-order valence-corrected chi connectivity index (χ1v) is 9.86. The van der Waals surface area contributed by atoms with Gasteiger partial charge < -0.3 is 10.2 Å². The maximum Gasteiger partial charge on any atom is 0.334 e. The quantitative estimate of drug-likeness (QED) is 0.783. The summed E-state index contributed by atoms with van der Waals surface area (Å²) < 4.78 is 2.78. The summed E-state index contributed by atoms with van der Waals surface area (Å²) in [5.41, 5.74) is -0.784. The molecule has 0 atom stereocenters. The van der Waals surface area contributed by atoms with Crippen LogP contribution in [0.1, 0.15) is 81.9 Å². The zero-order valence-corrected chi connectivity index (χ0v) is 15.3. The smallest absolute Gasteiger partial charge is 0.334 e. The van der Waals surface area contributed by atoms with Crippen molar-refractivity contribution in [3.8, 4) is 5.88 Å². The summed E-state index contributed by atoms with van der Waals surface area (Å²) in [5, 5.41) is 19.6. The van der Waals surface area contributed by atoms with Crippen molar-refractivity contribution in [1.29, 1.82) is 0 Å². The number of hydrogen-bond donors (Lipinski definition) is 2. The molecule has 2 aliphatic rings. The standard InChI is InChI=1S/C19H29N3O4/c23-12-11-20-13-16-17(24)21(14-7-3-1-4-8-14)19(26)22(18(16)25)15-9-5-2-6-10-15/h13-15,23-24H,1-12H2. The van der Waals surface area contributed by atoms with Gasteiger partial charge in [-0.15, -0.1) is 0 Å². The van der Waals surface area contributed by atoms with Gasteiger partial charge in [-0.25, -0.2) is 4.79 Å². The summed E-state index contributed by atoms with van der Waals surface area (Å²) >= 11 is 0. The van der Waals surface area contributed by atoms with Crippen LogP contribution in [0.5, 0.6) is 5.88 Å². The summed E-state index contributed by atoms with van der Waals surface area (Å²) in [4.78, 5) is 30.2. The zero-order valence-electron chi connectivity index (χ0n) is 15.3. The van der Waals surface area contributed by atoms with Crippen molar-refractivity contribution in [3.63, 3.8) is 0 Å². The number of rotatable bonds is 5. The van der Waals surface area contributed by atoms with E-state index in [1.165, 1.54) is 15.3 Å². The SMILES string of the molecule is O=c1c(C=NCCO)c(O)n(C2CCCCC2)c(=O)n1C1CCCCC1. The molecule has 0 amide bonds. The fourth-order valence-electron chi connectivity index (χ4n) is 4.30. The molecule has 0 saturated heterocycles. The molecular formula is C19H29N3O4. The van der Waals surface area contributed by atoms with Gasteiger partial charge in [-0.05, 0) is 25.7 Å². The van der Waals surface area contributed by atoms with Crippen LogP contribution in [-0.4, -0.2) is 38.7 Å². The highest BCUT2D eigenvalue weighted by molar-refractivity contribution is 5.82. The van der Waals surface area contributed by atoms with Crippen LogP contribution in [0.2, 0.25) is 0 Å². The molecule has 2 N–H and O–H groups in total. The topological polar surface area (TPSA) is 96.8 Å². The van der Waals surface area contributed by atoms with Crippen molar-refractivity contribution >= 4 is 6.21 Å². The molecule has 2 aliphatic carbocycles. The first-order valence-electron chi connectivity index (χ1n) is 9.86. The van der Waals surface area contributed by atoms with Gasteiger partial charge >= 0.3 is 5.69 Å². The second-order valence-corrected chi connectivity index (χ2v) is 7.41. The Balaban J connectivity index is 2.14. The van der Waals surface area contributed by atoms with E-state index in [2.05, 4.69) is 4.99 Å². The average molecular weight is 363 g/mol. The molecule has 1 heterocycles. The van der Waals surface area contributed by atoms with Gasteiger partial charge in [-0.3, -0.25) is 18.9 Å². The van der Waals surface area contributed by atoms with E-state index in [0.29, 0.717) is 0 Å². The van der Waals surface area contributed by atoms with E-state index in [0.717, 1.165) is 64.2 Å². The van der Waals surface area contributed by atoms with E-state index in [1.54, 1.807) is 0 Å². The van der Waals surface area contributed by atoms with Gasteiger partial charge in [0.2, 0.25) is 5.88 Å². The van der Waals surface area contributed by atoms with Gasteiger partial charge in [0.25, 0.3) is 5.56 Å². The van der Waals surface area contributed by atoms with Gasteiger partial charge in [0.05, 0.1) is 13.2 Å². The van der Waals surface area contributed by atoms with Crippen molar-refractivity contribution in [2.75, 3.05) is 13.2 Å². The summed E-state index contributed by atoms with van der Waals surface area (Å²) in [7, 11) is 0. The van der Waals surface area contributed by atoms with Crippen molar-refractivity contribution in [2.45, 2.75) is 76.3 Å². The molecule has 2 saturated carbocycles. The first-order chi connectivity index (χ1) is 12.6. The van der Waals surface area contributed by atoms with Gasteiger partial charge in [0.1, 0.15) is 5.56 Å². The largest absolute Gasteiger partial charge is 0.494 e. The third-order valence-corrected chi connectivity index (χ3v) is 5.66. The zero-order chi connectivity index (χ0) is 18.5. The molecule has 2 fully saturated rings. The van der Waals surface area contributed by atoms with E-state index < -0.39 is 5.56 Å². The summed E-state index contributed by atoms with van der Waals surface area (Å²) in [5.74, 6) is -0.277. The predicted molar refractivity (Wildman–Crippen MR) is 100 cm³/mol. The van der Waals surface area contributed by atoms with E-state index in [4.69, 9.17) is 5.11 Å². The third kappa shape index (κ3) is 3.77. The minimum Gasteiger partial charge on any atom is -0.494 e. The number of aliphatic hydroxyl groups excluding tert-OH is 1. The molecule has 7 heteroatoms. The van der Waals surface area contributed by atoms with E-state index in [1.807, 2.05) is 0 Å². The molecule has 1 aromatic rings. The van der Waals surface area contributed by atoms with Crippen molar-refractivity contribution in [2.24, 2.45) is 4.99 Å². The molecule has 0 aromatic carbocycles. The van der Waals surface area contributed by atoms with E-state index in [9.17, 15) is 14.7 Å². The highest BCUT2D eigenvalue weighted by atomic mass is 16.3. The van der Waals surface area contributed by atoms with Crippen LogP contribution in [0.4, 0.5) is 0 Å². The Morgan fingerprint density at radius 2 is 1.46 bits per heavy atom. The highest BCUT2D eigenvalue weighted by Crippen LogP contribution is 2.31. The molecule has 7 nitrogen and oxygen atoms in total. The van der Waals surface area contributed by atoms with Crippen LogP contribution in [0.25, 0.3) is 0 Å². The summed E-state index contributed by atoms with van der Waals surface area (Å²) in [6, 6.07) is -0.180. The molecule has 0 unspecified atom stereocenters. The minimum absolute atomic E-state index is 0.0641. The van der Waals surface area contributed by atoms with E-state index >= 15 is 0 Å². The maximum absolute atomic E-state index is 13.2. The highest BCUT2D eigenvalue weighted by Gasteiger charge is 2.28. The second-order valence-electron chi connectivity index (χ2n) is 7.41. The summed E-state index contributed by atoms with van der Waals surface area (Å²) in [6.45, 7) is 0.0290. The molecular weight excluding hydrogens is 334 g/mol. The Morgan fingerprint density at radius 1 is 0.923 bits per heavy atom. The fourth-order valence-corrected chi connectivity index (χ4v) is 4.30. The lowest BCUT2D eigenvalue weighted by Gasteiger charge is -2.29. The summed E-state index contributed by atoms with van der Waals surface area (Å²) in [6.07, 6.45) is 10.9. The number of aromatic hydroxyl groups is 1. The van der Waals surface area contributed by atoms with Gasteiger partial charge in [0.15, 0.2) is 0 Å². The van der Waals surface area contributed by atoms with Crippen molar-refractivity contribution in [1.82, 2.24) is 9.13 Å². The van der Waals surface area contributed by atoms with Crippen LogP contribution in [0.15, 0.2) is 14.6 Å². The normalized spacial score (nSPS) is 20.0. The minimum atomic E-state index is -0.465. The lowest BCUT2D eigenvalue weighted by atomic mass is 9.94. The Hall–Kier alpha value is -1.89. The molecule has 144 valence electrons. The van der Waals surface area contributed by atoms with Crippen molar-refractivity contribution < 1.29 is 10.2 Å². The lowest BCUT2D eigenvalue weighted by molar-refractivity contribution is 0.271. The van der Waals surface area contributed by atoms with Gasteiger partial charge in [0, 0.05) is 18.3 Å². The molecule has 0 spiro atoms. The number of nitrogens with zero attached hydrogens (tertiary/aromatic N) is 3. The first kappa shape index (κ1) is 18.9. The monoisotopic (exact) mass is 363 g/mol. The van der Waals surface area contributed by atoms with Gasteiger partial charge in [-0.2, -0.15) is 0 Å². The third-order valence-electron chi connectivity index (χ3n) is 5.66. The second kappa shape index (κ2) is 8.66. The fraction of sp³-hybridized carbons (Fsp3) is 0.737. The van der Waals surface area contributed by atoms with Gasteiger partial charge in [-0.1, -0.05) is 38.5 Å². The number of aliphatic hydroxyl groups is 1. The van der Waals surface area contributed by atoms with Crippen LogP contribution in [0, 0.1) is 0 Å². The maximum atomic E-state index is 13.2. The molecule has 3 rings (SSSR count). The van der Waals surface area contributed by atoms with Crippen molar-refractivity contribution in [3.05, 3.63) is 26.4 Å². The van der Waals surface area contributed by atoms with Crippen LogP contribution < -0.4 is 11.2 Å². The lowest BCUT2D eigenvalue weighted by Crippen LogP contribution is -2.45. The average Bonchev–Trinajstić information content (AvgIpc) is 2.66. The number of aromatic nitrogens is 2. The predicted octanol–water partition coefficient (Wildman–Crippen LogP) is 2.14. The Morgan fingerprint density at radius 3 is 2.00 bits per heavy atom. The molecule has 0 radical (unpaired) electrons.